The van der Waals surface area contributed by atoms with E-state index in [4.69, 9.17) is 0 Å². The van der Waals surface area contributed by atoms with Crippen LogP contribution in [0.1, 0.15) is 18.8 Å². The molecule has 0 aliphatic rings. The van der Waals surface area contributed by atoms with Gasteiger partial charge in [-0.1, -0.05) is 11.8 Å². The van der Waals surface area contributed by atoms with Gasteiger partial charge >= 0.3 is 0 Å². The van der Waals surface area contributed by atoms with Crippen LogP contribution in [0, 0.1) is 34.9 Å². The van der Waals surface area contributed by atoms with E-state index in [0.717, 1.165) is 16.7 Å². The number of aromatic nitrogens is 3. The quantitative estimate of drug-likeness (QED) is 0.231. The number of halogens is 6. The molecule has 2 N–H and O–H groups in total. The Morgan fingerprint density at radius 1 is 0.970 bits per heavy atom. The SMILES string of the molecule is C[C@@H](c1nnc(SCC(=O)Nc2c(F)c(F)c(F)c(F)c2F)n1-c1ccc(F)cc1)[NH+](C)C. The molecule has 176 valence electrons. The molecule has 1 atom stereocenters. The van der Waals surface area contributed by atoms with Crippen molar-refractivity contribution in [1.29, 1.82) is 0 Å². The Kier molecular flexibility index (Phi) is 7.32. The number of carbonyl (C=O) groups excluding carboxylic acids is 1. The Morgan fingerprint density at radius 2 is 1.52 bits per heavy atom. The monoisotopic (exact) mass is 490 g/mol. The van der Waals surface area contributed by atoms with Gasteiger partial charge in [0.15, 0.2) is 34.2 Å². The minimum Gasteiger partial charge on any atom is -0.331 e. The lowest BCUT2D eigenvalue weighted by Crippen LogP contribution is -3.05. The molecule has 33 heavy (non-hydrogen) atoms. The minimum atomic E-state index is -2.32. The summed E-state index contributed by atoms with van der Waals surface area (Å²) in [5, 5.41) is 10.1. The van der Waals surface area contributed by atoms with Gasteiger partial charge in [-0.25, -0.2) is 26.3 Å². The summed E-state index contributed by atoms with van der Waals surface area (Å²) < 4.78 is 82.5. The molecule has 6 nitrogen and oxygen atoms in total. The molecule has 1 aromatic heterocycles. The van der Waals surface area contributed by atoms with E-state index in [1.807, 2.05) is 21.0 Å². The van der Waals surface area contributed by atoms with Crippen molar-refractivity contribution >= 4 is 23.4 Å². The minimum absolute atomic E-state index is 0.154. The number of rotatable bonds is 7. The third kappa shape index (κ3) is 4.98. The second-order valence-electron chi connectivity index (χ2n) is 7.23. The molecule has 0 bridgehead atoms. The Labute approximate surface area is 188 Å². The van der Waals surface area contributed by atoms with E-state index in [1.165, 1.54) is 24.3 Å². The number of quaternary nitrogens is 1. The van der Waals surface area contributed by atoms with Crippen LogP contribution in [0.3, 0.4) is 0 Å². The average molecular weight is 490 g/mol. The number of thioether (sulfide) groups is 1. The zero-order chi connectivity index (χ0) is 24.4. The zero-order valence-electron chi connectivity index (χ0n) is 17.5. The second-order valence-corrected chi connectivity index (χ2v) is 8.18. The zero-order valence-corrected chi connectivity index (χ0v) is 18.3. The van der Waals surface area contributed by atoms with Gasteiger partial charge in [-0.15, -0.1) is 10.2 Å². The highest BCUT2D eigenvalue weighted by molar-refractivity contribution is 7.99. The van der Waals surface area contributed by atoms with E-state index >= 15 is 0 Å². The number of benzene rings is 2. The fourth-order valence-corrected chi connectivity index (χ4v) is 3.53. The number of nitrogens with zero attached hydrogens (tertiary/aromatic N) is 3. The van der Waals surface area contributed by atoms with Crippen LogP contribution in [0.4, 0.5) is 32.0 Å². The molecule has 3 aromatic rings. The molecule has 0 spiro atoms. The van der Waals surface area contributed by atoms with Crippen molar-refractivity contribution in [2.75, 3.05) is 25.2 Å². The molecule has 0 aliphatic carbocycles. The first-order valence-corrected chi connectivity index (χ1v) is 10.5. The van der Waals surface area contributed by atoms with Gasteiger partial charge in [-0.2, -0.15) is 0 Å². The predicted molar refractivity (Wildman–Crippen MR) is 108 cm³/mol. The van der Waals surface area contributed by atoms with Crippen molar-refractivity contribution in [2.24, 2.45) is 0 Å². The normalized spacial score (nSPS) is 12.3. The van der Waals surface area contributed by atoms with Crippen molar-refractivity contribution < 1.29 is 36.0 Å². The van der Waals surface area contributed by atoms with Gasteiger partial charge in [-0.3, -0.25) is 9.36 Å². The van der Waals surface area contributed by atoms with E-state index in [9.17, 15) is 31.1 Å². The first-order chi connectivity index (χ1) is 15.5. The maximum absolute atomic E-state index is 13.8. The Morgan fingerprint density at radius 3 is 2.06 bits per heavy atom. The van der Waals surface area contributed by atoms with E-state index in [1.54, 1.807) is 9.88 Å². The lowest BCUT2D eigenvalue weighted by atomic mass is 10.2. The number of hydrogen-bond donors (Lipinski definition) is 2. The van der Waals surface area contributed by atoms with Crippen LogP contribution in [0.25, 0.3) is 5.69 Å². The lowest BCUT2D eigenvalue weighted by Gasteiger charge is -2.18. The Balaban J connectivity index is 1.86. The van der Waals surface area contributed by atoms with Gasteiger partial charge in [0.1, 0.15) is 17.5 Å². The molecular weight excluding hydrogens is 472 g/mol. The molecule has 0 fully saturated rings. The van der Waals surface area contributed by atoms with E-state index < -0.39 is 52.3 Å². The molecule has 0 saturated heterocycles. The number of hydrogen-bond acceptors (Lipinski definition) is 4. The Bertz CT molecular complexity index is 1160. The summed E-state index contributed by atoms with van der Waals surface area (Å²) in [6, 6.07) is 5.28. The lowest BCUT2D eigenvalue weighted by molar-refractivity contribution is -0.890. The maximum atomic E-state index is 13.8. The third-order valence-corrected chi connectivity index (χ3v) is 5.73. The molecule has 0 radical (unpaired) electrons. The number of amides is 1. The summed E-state index contributed by atoms with van der Waals surface area (Å²) in [4.78, 5) is 13.2. The van der Waals surface area contributed by atoms with Crippen molar-refractivity contribution in [2.45, 2.75) is 18.1 Å². The molecule has 1 amide bonds. The predicted octanol–water partition coefficient (Wildman–Crippen LogP) is 3.04. The molecule has 13 heteroatoms. The van der Waals surface area contributed by atoms with Gasteiger partial charge in [0, 0.05) is 5.69 Å². The van der Waals surface area contributed by atoms with Crippen molar-refractivity contribution in [3.63, 3.8) is 0 Å². The standard InChI is InChI=1S/C20H17F6N5OS/c1-9(30(2)3)19-28-29-20(31(19)11-6-4-10(21)5-7-11)33-8-12(32)27-18-16(25)14(23)13(22)15(24)17(18)26/h4-7,9H,8H2,1-3H3,(H,27,32)/p+1/t9-/m0/s1. The molecule has 0 saturated carbocycles. The average Bonchev–Trinajstić information content (AvgIpc) is 3.21. The smallest absolute Gasteiger partial charge is 0.235 e. The number of carbonyl (C=O) groups is 1. The van der Waals surface area contributed by atoms with Gasteiger partial charge in [0.2, 0.25) is 11.7 Å². The second kappa shape index (κ2) is 9.83. The van der Waals surface area contributed by atoms with Crippen molar-refractivity contribution in [3.05, 3.63) is 65.0 Å². The first kappa shape index (κ1) is 24.6. The number of nitrogens with one attached hydrogen (secondary N) is 2. The largest absolute Gasteiger partial charge is 0.331 e. The summed E-state index contributed by atoms with van der Waals surface area (Å²) in [7, 11) is 3.78. The van der Waals surface area contributed by atoms with E-state index in [0.29, 0.717) is 11.5 Å². The highest BCUT2D eigenvalue weighted by Crippen LogP contribution is 2.28. The van der Waals surface area contributed by atoms with Crippen LogP contribution < -0.4 is 10.2 Å². The first-order valence-electron chi connectivity index (χ1n) is 9.48. The summed E-state index contributed by atoms with van der Waals surface area (Å²) >= 11 is 0.814. The fourth-order valence-electron chi connectivity index (χ4n) is 2.77. The summed E-state index contributed by atoms with van der Waals surface area (Å²) in [5.41, 5.74) is -0.935. The highest BCUT2D eigenvalue weighted by Gasteiger charge is 2.28. The highest BCUT2D eigenvalue weighted by atomic mass is 32.2. The van der Waals surface area contributed by atoms with Crippen LogP contribution in [-0.2, 0) is 4.79 Å². The van der Waals surface area contributed by atoms with Crippen molar-refractivity contribution in [3.8, 4) is 5.69 Å². The van der Waals surface area contributed by atoms with Crippen LogP contribution in [0.15, 0.2) is 29.4 Å². The van der Waals surface area contributed by atoms with Crippen LogP contribution in [0.5, 0.6) is 0 Å². The third-order valence-electron chi connectivity index (χ3n) is 4.80. The van der Waals surface area contributed by atoms with Gasteiger partial charge in [0.05, 0.1) is 19.8 Å². The van der Waals surface area contributed by atoms with Gasteiger partial charge in [-0.05, 0) is 31.2 Å². The summed E-state index contributed by atoms with van der Waals surface area (Å²) in [6.07, 6.45) is 0. The van der Waals surface area contributed by atoms with Gasteiger partial charge in [0.25, 0.3) is 0 Å². The molecule has 0 aliphatic heterocycles. The van der Waals surface area contributed by atoms with Crippen LogP contribution in [0.2, 0.25) is 0 Å². The van der Waals surface area contributed by atoms with E-state index in [-0.39, 0.29) is 11.2 Å². The van der Waals surface area contributed by atoms with Crippen LogP contribution in [-0.4, -0.2) is 40.5 Å². The van der Waals surface area contributed by atoms with Gasteiger partial charge < -0.3 is 10.2 Å². The number of anilines is 1. The Hall–Kier alpha value is -3.06. The maximum Gasteiger partial charge on any atom is 0.235 e. The van der Waals surface area contributed by atoms with Crippen molar-refractivity contribution in [1.82, 2.24) is 14.8 Å². The molecule has 2 aromatic carbocycles. The molecule has 3 rings (SSSR count). The molecule has 0 unspecified atom stereocenters. The molecular formula is C20H18F6N5OS+. The van der Waals surface area contributed by atoms with Crippen LogP contribution >= 0.6 is 11.8 Å². The fraction of sp³-hybridized carbons (Fsp3) is 0.250. The molecule has 1 heterocycles. The summed E-state index contributed by atoms with van der Waals surface area (Å²) in [6.45, 7) is 1.88. The summed E-state index contributed by atoms with van der Waals surface area (Å²) in [5.74, 6) is -12.4. The topological polar surface area (TPSA) is 64.2 Å². The van der Waals surface area contributed by atoms with E-state index in [2.05, 4.69) is 10.2 Å².